The van der Waals surface area contributed by atoms with E-state index in [-0.39, 0.29) is 24.3 Å². The van der Waals surface area contributed by atoms with E-state index in [0.29, 0.717) is 5.69 Å². The molecule has 0 saturated heterocycles. The first-order valence-corrected chi connectivity index (χ1v) is 10.3. The van der Waals surface area contributed by atoms with Gasteiger partial charge in [0.1, 0.15) is 6.04 Å². The third-order valence-corrected chi connectivity index (χ3v) is 5.02. The van der Waals surface area contributed by atoms with Gasteiger partial charge in [0.2, 0.25) is 11.8 Å². The number of nitrogens with zero attached hydrogens (tertiary/aromatic N) is 1. The summed E-state index contributed by atoms with van der Waals surface area (Å²) in [4.78, 5) is 31.5. The molecule has 1 rings (SSSR count). The average molecular weight is 380 g/mol. The van der Waals surface area contributed by atoms with Crippen molar-refractivity contribution in [3.8, 4) is 0 Å². The van der Waals surface area contributed by atoms with Crippen LogP contribution in [0.2, 0.25) is 0 Å². The monoisotopic (exact) mass is 379 g/mol. The fraction of sp³-hybridized carbons (Fsp3) is 0.750. The molecule has 1 heterocycles. The molecule has 2 amide bonds. The number of hydrogen-bond acceptors (Lipinski definition) is 4. The van der Waals surface area contributed by atoms with Crippen LogP contribution in [0, 0.1) is 5.92 Å². The quantitative estimate of drug-likeness (QED) is 0.350. The van der Waals surface area contributed by atoms with Crippen LogP contribution in [0.5, 0.6) is 0 Å². The zero-order valence-electron chi connectivity index (χ0n) is 17.1. The molecule has 0 aliphatic heterocycles. The second-order valence-corrected chi connectivity index (χ2v) is 7.31. The molecule has 0 saturated carbocycles. The highest BCUT2D eigenvalue weighted by atomic mass is 16.2. The van der Waals surface area contributed by atoms with Crippen molar-refractivity contribution in [3.05, 3.63) is 18.2 Å². The molecule has 0 radical (unpaired) electrons. The molecule has 0 aliphatic carbocycles. The summed E-state index contributed by atoms with van der Waals surface area (Å²) in [5, 5.41) is 6.19. The van der Waals surface area contributed by atoms with Gasteiger partial charge in [0.15, 0.2) is 0 Å². The van der Waals surface area contributed by atoms with Crippen LogP contribution in [0.1, 0.15) is 71.4 Å². The fourth-order valence-electron chi connectivity index (χ4n) is 3.05. The van der Waals surface area contributed by atoms with Crippen molar-refractivity contribution in [2.75, 3.05) is 6.54 Å². The average Bonchev–Trinajstić information content (AvgIpc) is 3.15. The van der Waals surface area contributed by atoms with E-state index in [1.54, 1.807) is 12.5 Å². The standard InChI is InChI=1S/C20H37N5O2/c1-4-6-7-8-9-10-11-23-18(15(3)5-2)20(27)25-17(19(21)26)12-16-13-22-14-24-16/h13-15,17-18,23H,4-12H2,1-3H3,(H2,21,26)(H,22,24)(H,25,27)/t15-,17-,18-/m0/s1. The summed E-state index contributed by atoms with van der Waals surface area (Å²) >= 11 is 0. The number of aromatic amines is 1. The van der Waals surface area contributed by atoms with Crippen LogP contribution in [-0.2, 0) is 16.0 Å². The topological polar surface area (TPSA) is 113 Å². The van der Waals surface area contributed by atoms with E-state index in [1.165, 1.54) is 32.1 Å². The summed E-state index contributed by atoms with van der Waals surface area (Å²) in [7, 11) is 0. The lowest BCUT2D eigenvalue weighted by molar-refractivity contribution is -0.129. The van der Waals surface area contributed by atoms with Gasteiger partial charge in [-0.05, 0) is 18.9 Å². The maximum atomic E-state index is 12.8. The van der Waals surface area contributed by atoms with Crippen LogP contribution in [-0.4, -0.2) is 40.4 Å². The number of nitrogens with one attached hydrogen (secondary N) is 3. The molecule has 0 bridgehead atoms. The number of hydrogen-bond donors (Lipinski definition) is 4. The van der Waals surface area contributed by atoms with Crippen molar-refractivity contribution in [3.63, 3.8) is 0 Å². The predicted octanol–water partition coefficient (Wildman–Crippen LogP) is 2.29. The number of nitrogens with two attached hydrogens (primary N) is 1. The molecule has 0 aromatic carbocycles. The van der Waals surface area contributed by atoms with Crippen molar-refractivity contribution in [2.45, 2.75) is 84.2 Å². The van der Waals surface area contributed by atoms with E-state index in [9.17, 15) is 9.59 Å². The Hall–Kier alpha value is -1.89. The maximum absolute atomic E-state index is 12.8. The number of carbonyl (C=O) groups is 2. The van der Waals surface area contributed by atoms with Crippen molar-refractivity contribution >= 4 is 11.8 Å². The van der Waals surface area contributed by atoms with Gasteiger partial charge in [0.05, 0.1) is 18.1 Å². The molecule has 0 unspecified atom stereocenters. The number of primary amides is 1. The van der Waals surface area contributed by atoms with Gasteiger partial charge in [-0.3, -0.25) is 9.59 Å². The highest BCUT2D eigenvalue weighted by molar-refractivity contribution is 5.89. The Bertz CT molecular complexity index is 532. The lowest BCUT2D eigenvalue weighted by Crippen LogP contribution is -2.54. The number of rotatable bonds is 15. The Morgan fingerprint density at radius 3 is 2.48 bits per heavy atom. The zero-order chi connectivity index (χ0) is 20.1. The Morgan fingerprint density at radius 2 is 1.89 bits per heavy atom. The van der Waals surface area contributed by atoms with Gasteiger partial charge in [-0.1, -0.05) is 59.3 Å². The van der Waals surface area contributed by atoms with Crippen LogP contribution < -0.4 is 16.4 Å². The molecule has 7 heteroatoms. The van der Waals surface area contributed by atoms with Gasteiger partial charge in [-0.15, -0.1) is 0 Å². The Kier molecular flexibility index (Phi) is 11.4. The van der Waals surface area contributed by atoms with Gasteiger partial charge >= 0.3 is 0 Å². The minimum atomic E-state index is -0.761. The first kappa shape index (κ1) is 23.1. The molecule has 0 aliphatic rings. The van der Waals surface area contributed by atoms with E-state index in [2.05, 4.69) is 34.4 Å². The summed E-state index contributed by atoms with van der Waals surface area (Å²) < 4.78 is 0. The van der Waals surface area contributed by atoms with Crippen LogP contribution in [0.25, 0.3) is 0 Å². The van der Waals surface area contributed by atoms with Crippen LogP contribution in [0.4, 0.5) is 0 Å². The lowest BCUT2D eigenvalue weighted by atomic mass is 9.97. The van der Waals surface area contributed by atoms with Gasteiger partial charge in [-0.25, -0.2) is 4.98 Å². The van der Waals surface area contributed by atoms with Crippen molar-refractivity contribution in [2.24, 2.45) is 11.7 Å². The third kappa shape index (κ3) is 9.04. The van der Waals surface area contributed by atoms with Crippen LogP contribution in [0.3, 0.4) is 0 Å². The molecule has 154 valence electrons. The fourth-order valence-corrected chi connectivity index (χ4v) is 3.05. The molecule has 0 fully saturated rings. The number of carbonyl (C=O) groups excluding carboxylic acids is 2. The molecule has 5 N–H and O–H groups in total. The molecular formula is C20H37N5O2. The SMILES string of the molecule is CCCCCCCCN[C@H](C(=O)N[C@@H](Cc1c[nH]cn1)C(N)=O)[C@@H](C)CC. The molecule has 0 spiro atoms. The summed E-state index contributed by atoms with van der Waals surface area (Å²) in [6, 6.07) is -1.09. The van der Waals surface area contributed by atoms with E-state index in [1.807, 2.05) is 6.92 Å². The summed E-state index contributed by atoms with van der Waals surface area (Å²) in [5.74, 6) is -0.552. The molecule has 1 aromatic rings. The Balaban J connectivity index is 2.53. The van der Waals surface area contributed by atoms with Crippen molar-refractivity contribution in [1.82, 2.24) is 20.6 Å². The Labute approximate surface area is 163 Å². The number of aromatic nitrogens is 2. The van der Waals surface area contributed by atoms with Crippen LogP contribution >= 0.6 is 0 Å². The number of amides is 2. The maximum Gasteiger partial charge on any atom is 0.240 e. The summed E-state index contributed by atoms with van der Waals surface area (Å²) in [6.45, 7) is 7.12. The number of H-pyrrole nitrogens is 1. The Morgan fingerprint density at radius 1 is 1.19 bits per heavy atom. The molecule has 3 atom stereocenters. The first-order valence-electron chi connectivity index (χ1n) is 10.3. The second-order valence-electron chi connectivity index (χ2n) is 7.31. The van der Waals surface area contributed by atoms with Crippen molar-refractivity contribution in [1.29, 1.82) is 0 Å². The predicted molar refractivity (Wildman–Crippen MR) is 108 cm³/mol. The molecule has 27 heavy (non-hydrogen) atoms. The lowest BCUT2D eigenvalue weighted by Gasteiger charge is -2.25. The smallest absolute Gasteiger partial charge is 0.240 e. The van der Waals surface area contributed by atoms with E-state index < -0.39 is 11.9 Å². The normalized spacial score (nSPS) is 14.5. The van der Waals surface area contributed by atoms with Crippen molar-refractivity contribution < 1.29 is 9.59 Å². The van der Waals surface area contributed by atoms with E-state index >= 15 is 0 Å². The van der Waals surface area contributed by atoms with Gasteiger partial charge in [0.25, 0.3) is 0 Å². The van der Waals surface area contributed by atoms with Gasteiger partial charge in [0, 0.05) is 12.6 Å². The summed E-state index contributed by atoms with van der Waals surface area (Å²) in [5.41, 5.74) is 6.17. The minimum Gasteiger partial charge on any atom is -0.368 e. The zero-order valence-corrected chi connectivity index (χ0v) is 17.1. The van der Waals surface area contributed by atoms with E-state index in [0.717, 1.165) is 19.4 Å². The number of unbranched alkanes of at least 4 members (excludes halogenated alkanes) is 5. The molecular weight excluding hydrogens is 342 g/mol. The molecule has 7 nitrogen and oxygen atoms in total. The summed E-state index contributed by atoms with van der Waals surface area (Å²) in [6.07, 6.45) is 11.7. The van der Waals surface area contributed by atoms with E-state index in [4.69, 9.17) is 5.73 Å². The van der Waals surface area contributed by atoms with Gasteiger partial charge < -0.3 is 21.4 Å². The highest BCUT2D eigenvalue weighted by Gasteiger charge is 2.27. The first-order chi connectivity index (χ1) is 13.0. The molecule has 1 aromatic heterocycles. The minimum absolute atomic E-state index is 0.170. The number of imidazole rings is 1. The second kappa shape index (κ2) is 13.3. The van der Waals surface area contributed by atoms with Crippen LogP contribution in [0.15, 0.2) is 12.5 Å². The van der Waals surface area contributed by atoms with Gasteiger partial charge in [-0.2, -0.15) is 0 Å². The largest absolute Gasteiger partial charge is 0.368 e. The third-order valence-electron chi connectivity index (χ3n) is 5.02. The highest BCUT2D eigenvalue weighted by Crippen LogP contribution is 2.10.